The summed E-state index contributed by atoms with van der Waals surface area (Å²) in [4.78, 5) is 37.8. The molecule has 2 amide bonds. The van der Waals surface area contributed by atoms with Crippen LogP contribution < -0.4 is 5.32 Å². The molecular weight excluding hydrogens is 312 g/mol. The van der Waals surface area contributed by atoms with E-state index in [1.807, 2.05) is 20.8 Å². The molecule has 2 atom stereocenters. The van der Waals surface area contributed by atoms with Crippen LogP contribution >= 0.6 is 0 Å². The van der Waals surface area contributed by atoms with Gasteiger partial charge in [0, 0.05) is 25.6 Å². The quantitative estimate of drug-likeness (QED) is 0.758. The summed E-state index contributed by atoms with van der Waals surface area (Å²) < 4.78 is 5.06. The van der Waals surface area contributed by atoms with E-state index in [1.54, 1.807) is 11.8 Å². The van der Waals surface area contributed by atoms with Crippen molar-refractivity contribution in [3.8, 4) is 0 Å². The third-order valence-electron chi connectivity index (χ3n) is 4.15. The number of ether oxygens (including phenoxy) is 1. The zero-order chi connectivity index (χ0) is 18.5. The van der Waals surface area contributed by atoms with E-state index in [0.717, 1.165) is 6.42 Å². The van der Waals surface area contributed by atoms with Crippen LogP contribution in [-0.2, 0) is 19.1 Å². The summed E-state index contributed by atoms with van der Waals surface area (Å²) in [7, 11) is 1.47. The molecule has 0 saturated carbocycles. The van der Waals surface area contributed by atoms with Gasteiger partial charge in [-0.3, -0.25) is 14.4 Å². The first-order valence-electron chi connectivity index (χ1n) is 8.30. The van der Waals surface area contributed by atoms with Gasteiger partial charge in [-0.1, -0.05) is 20.8 Å². The Morgan fingerprint density at radius 1 is 1.25 bits per heavy atom. The highest BCUT2D eigenvalue weighted by molar-refractivity contribution is 5.84. The van der Waals surface area contributed by atoms with E-state index in [4.69, 9.17) is 9.84 Å². The second-order valence-corrected chi connectivity index (χ2v) is 7.89. The molecule has 1 rings (SSSR count). The molecule has 138 valence electrons. The van der Waals surface area contributed by atoms with Crippen molar-refractivity contribution in [1.82, 2.24) is 10.2 Å². The highest BCUT2D eigenvalue weighted by atomic mass is 16.5. The topological polar surface area (TPSA) is 95.9 Å². The lowest BCUT2D eigenvalue weighted by atomic mass is 9.90. The smallest absolute Gasteiger partial charge is 0.305 e. The predicted octanol–water partition coefficient (Wildman–Crippen LogP) is 1.27. The molecule has 1 saturated heterocycles. The Hall–Kier alpha value is -1.63. The summed E-state index contributed by atoms with van der Waals surface area (Å²) in [6.45, 7) is 8.39. The number of carbonyl (C=O) groups is 3. The average molecular weight is 342 g/mol. The third-order valence-corrected chi connectivity index (χ3v) is 4.15. The van der Waals surface area contributed by atoms with Gasteiger partial charge in [0.1, 0.15) is 0 Å². The van der Waals surface area contributed by atoms with Gasteiger partial charge in [0.2, 0.25) is 11.8 Å². The zero-order valence-electron chi connectivity index (χ0n) is 15.3. The van der Waals surface area contributed by atoms with E-state index >= 15 is 0 Å². The molecule has 7 nitrogen and oxygen atoms in total. The Labute approximate surface area is 143 Å². The fourth-order valence-electron chi connectivity index (χ4n) is 3.03. The van der Waals surface area contributed by atoms with E-state index < -0.39 is 16.9 Å². The molecule has 24 heavy (non-hydrogen) atoms. The molecular formula is C17H30N2O5. The molecule has 0 bridgehead atoms. The first-order valence-corrected chi connectivity index (χ1v) is 8.30. The summed E-state index contributed by atoms with van der Waals surface area (Å²) >= 11 is 0. The van der Waals surface area contributed by atoms with Gasteiger partial charge in [0.05, 0.1) is 24.5 Å². The van der Waals surface area contributed by atoms with Crippen LogP contribution in [0.25, 0.3) is 0 Å². The van der Waals surface area contributed by atoms with Crippen molar-refractivity contribution in [2.45, 2.75) is 52.5 Å². The molecule has 2 N–H and O–H groups in total. The number of methoxy groups -OCH3 is 1. The largest absolute Gasteiger partial charge is 0.481 e. The molecule has 0 aromatic rings. The van der Waals surface area contributed by atoms with Crippen molar-refractivity contribution in [3.63, 3.8) is 0 Å². The van der Waals surface area contributed by atoms with Crippen LogP contribution in [0.5, 0.6) is 0 Å². The van der Waals surface area contributed by atoms with Crippen LogP contribution in [0.15, 0.2) is 0 Å². The summed E-state index contributed by atoms with van der Waals surface area (Å²) in [5.74, 6) is -1.51. The molecule has 7 heteroatoms. The fraction of sp³-hybridized carbons (Fsp3) is 0.824. The van der Waals surface area contributed by atoms with E-state index in [1.165, 1.54) is 7.11 Å². The molecule has 0 aromatic carbocycles. The first kappa shape index (κ1) is 20.4. The number of hydrogen-bond donors (Lipinski definition) is 2. The van der Waals surface area contributed by atoms with Gasteiger partial charge in [-0.15, -0.1) is 0 Å². The molecule has 0 aromatic heterocycles. The van der Waals surface area contributed by atoms with Gasteiger partial charge in [0.15, 0.2) is 0 Å². The number of carbonyl (C=O) groups excluding carboxylic acids is 2. The van der Waals surface area contributed by atoms with Crippen LogP contribution in [0.3, 0.4) is 0 Å². The Morgan fingerprint density at radius 3 is 2.38 bits per heavy atom. The molecule has 0 spiro atoms. The van der Waals surface area contributed by atoms with E-state index in [-0.39, 0.29) is 30.8 Å². The van der Waals surface area contributed by atoms with Crippen molar-refractivity contribution in [3.05, 3.63) is 0 Å². The highest BCUT2D eigenvalue weighted by Gasteiger charge is 2.36. The van der Waals surface area contributed by atoms with Crippen molar-refractivity contribution < 1.29 is 24.2 Å². The number of hydrogen-bond acceptors (Lipinski definition) is 4. The van der Waals surface area contributed by atoms with Gasteiger partial charge < -0.3 is 20.1 Å². The molecule has 1 aliphatic rings. The molecule has 1 fully saturated rings. The lowest BCUT2D eigenvalue weighted by molar-refractivity contribution is -0.143. The molecule has 1 aliphatic heterocycles. The Morgan fingerprint density at radius 2 is 1.88 bits per heavy atom. The number of likely N-dealkylation sites (tertiary alicyclic amines) is 1. The van der Waals surface area contributed by atoms with E-state index in [2.05, 4.69) is 5.32 Å². The van der Waals surface area contributed by atoms with Crippen LogP contribution in [-0.4, -0.2) is 60.1 Å². The molecule has 0 aliphatic carbocycles. The van der Waals surface area contributed by atoms with Crippen LogP contribution in [0.2, 0.25) is 0 Å². The monoisotopic (exact) mass is 342 g/mol. The minimum absolute atomic E-state index is 0.0326. The minimum Gasteiger partial charge on any atom is -0.481 e. The summed E-state index contributed by atoms with van der Waals surface area (Å²) in [5, 5.41) is 11.9. The lowest BCUT2D eigenvalue weighted by Gasteiger charge is -2.37. The standard InChI is InChI=1S/C17H30N2O5/c1-16(2,3)15(23)19-8-6-7-12(10-19)14(22)18-17(4,11-24-5)9-13(20)21/h12H,6-11H2,1-5H3,(H,18,22)(H,20,21). The molecule has 0 radical (unpaired) electrons. The van der Waals surface area contributed by atoms with Gasteiger partial charge in [0.25, 0.3) is 0 Å². The van der Waals surface area contributed by atoms with Gasteiger partial charge in [-0.2, -0.15) is 0 Å². The normalized spacial score (nSPS) is 21.0. The van der Waals surface area contributed by atoms with Crippen molar-refractivity contribution in [2.24, 2.45) is 11.3 Å². The van der Waals surface area contributed by atoms with Crippen molar-refractivity contribution in [2.75, 3.05) is 26.8 Å². The molecule has 1 heterocycles. The molecule has 2 unspecified atom stereocenters. The summed E-state index contributed by atoms with van der Waals surface area (Å²) in [6.07, 6.45) is 1.24. The maximum atomic E-state index is 12.6. The van der Waals surface area contributed by atoms with Gasteiger partial charge in [-0.25, -0.2) is 0 Å². The number of aliphatic carboxylic acids is 1. The Bertz CT molecular complexity index is 486. The maximum Gasteiger partial charge on any atom is 0.305 e. The summed E-state index contributed by atoms with van der Waals surface area (Å²) in [6, 6.07) is 0. The number of rotatable bonds is 6. The number of nitrogens with zero attached hydrogens (tertiary/aromatic N) is 1. The maximum absolute atomic E-state index is 12.6. The van der Waals surface area contributed by atoms with Gasteiger partial charge in [-0.05, 0) is 19.8 Å². The second kappa shape index (κ2) is 7.96. The van der Waals surface area contributed by atoms with Gasteiger partial charge >= 0.3 is 5.97 Å². The SMILES string of the molecule is COCC(C)(CC(=O)O)NC(=O)C1CCCN(C(=O)C(C)(C)C)C1. The number of carboxylic acids is 1. The summed E-state index contributed by atoms with van der Waals surface area (Å²) in [5.41, 5.74) is -1.44. The third kappa shape index (κ3) is 5.78. The second-order valence-electron chi connectivity index (χ2n) is 7.89. The number of nitrogens with one attached hydrogen (secondary N) is 1. The van der Waals surface area contributed by atoms with Crippen LogP contribution in [0, 0.1) is 11.3 Å². The fourth-order valence-corrected chi connectivity index (χ4v) is 3.03. The number of piperidine rings is 1. The van der Waals surface area contributed by atoms with Crippen molar-refractivity contribution in [1.29, 1.82) is 0 Å². The first-order chi connectivity index (χ1) is 11.0. The van der Waals surface area contributed by atoms with Crippen LogP contribution in [0.1, 0.15) is 47.0 Å². The van der Waals surface area contributed by atoms with E-state index in [9.17, 15) is 14.4 Å². The Balaban J connectivity index is 2.75. The minimum atomic E-state index is -0.997. The zero-order valence-corrected chi connectivity index (χ0v) is 15.3. The van der Waals surface area contributed by atoms with Crippen molar-refractivity contribution >= 4 is 17.8 Å². The Kier molecular flexibility index (Phi) is 6.77. The van der Waals surface area contributed by atoms with Crippen LogP contribution in [0.4, 0.5) is 0 Å². The predicted molar refractivity (Wildman–Crippen MR) is 89.4 cm³/mol. The number of amides is 2. The highest BCUT2D eigenvalue weighted by Crippen LogP contribution is 2.24. The average Bonchev–Trinajstić information content (AvgIpc) is 2.44. The lowest BCUT2D eigenvalue weighted by Crippen LogP contribution is -2.55. The van der Waals surface area contributed by atoms with E-state index in [0.29, 0.717) is 19.5 Å². The number of carboxylic acid groups (broad SMARTS) is 1.